The van der Waals surface area contributed by atoms with E-state index in [1.807, 2.05) is 0 Å². The summed E-state index contributed by atoms with van der Waals surface area (Å²) in [6.45, 7) is 5.57. The Morgan fingerprint density at radius 1 is 1.21 bits per heavy atom. The van der Waals surface area contributed by atoms with E-state index in [2.05, 4.69) is 5.10 Å². The maximum Gasteiger partial charge on any atom is 0.337 e. The summed E-state index contributed by atoms with van der Waals surface area (Å²) in [4.78, 5) is 38.5. The van der Waals surface area contributed by atoms with Crippen LogP contribution in [0.2, 0.25) is 0 Å². The average Bonchev–Trinajstić information content (AvgIpc) is 3.12. The van der Waals surface area contributed by atoms with Crippen LogP contribution in [-0.2, 0) is 21.4 Å². The van der Waals surface area contributed by atoms with Gasteiger partial charge in [-0.05, 0) is 38.5 Å². The highest BCUT2D eigenvalue weighted by atomic mass is 16.5. The largest absolute Gasteiger partial charge is 0.507 e. The fourth-order valence-electron chi connectivity index (χ4n) is 3.72. The Morgan fingerprint density at radius 2 is 1.83 bits per heavy atom. The van der Waals surface area contributed by atoms with Gasteiger partial charge in [0.1, 0.15) is 5.76 Å². The molecule has 1 fully saturated rings. The van der Waals surface area contributed by atoms with Gasteiger partial charge in [0.15, 0.2) is 0 Å². The van der Waals surface area contributed by atoms with E-state index in [-0.39, 0.29) is 17.9 Å². The van der Waals surface area contributed by atoms with Gasteiger partial charge < -0.3 is 14.7 Å². The van der Waals surface area contributed by atoms with Crippen molar-refractivity contribution in [2.45, 2.75) is 26.8 Å². The van der Waals surface area contributed by atoms with Gasteiger partial charge in [-0.25, -0.2) is 4.79 Å². The van der Waals surface area contributed by atoms with Crippen LogP contribution in [0.15, 0.2) is 29.8 Å². The number of carbonyl (C=O) groups is 3. The van der Waals surface area contributed by atoms with Crippen LogP contribution in [-0.4, -0.2) is 51.1 Å². The van der Waals surface area contributed by atoms with Crippen molar-refractivity contribution in [1.82, 2.24) is 14.7 Å². The standard InChI is InChI=1S/C21H23N3O5/c1-6-24-17(13-7-9-14(10-8-13)21(28)29-5)16(19(26)20(24)27)18(25)15-11(2)22-23(4)12(15)3/h7-10,17,25H,6H2,1-5H3/b18-16+. The summed E-state index contributed by atoms with van der Waals surface area (Å²) in [6, 6.07) is 5.68. The van der Waals surface area contributed by atoms with E-state index in [9.17, 15) is 19.5 Å². The number of nitrogens with zero attached hydrogens (tertiary/aromatic N) is 3. The molecule has 1 N–H and O–H groups in total. The molecule has 1 aliphatic rings. The van der Waals surface area contributed by atoms with E-state index in [4.69, 9.17) is 4.74 Å². The predicted octanol–water partition coefficient (Wildman–Crippen LogP) is 2.27. The Hall–Kier alpha value is -3.42. The van der Waals surface area contributed by atoms with Crippen molar-refractivity contribution in [3.63, 3.8) is 0 Å². The second kappa shape index (κ2) is 7.54. The number of esters is 1. The number of ketones is 1. The first-order valence-corrected chi connectivity index (χ1v) is 9.20. The number of benzene rings is 1. The topological polar surface area (TPSA) is 102 Å². The van der Waals surface area contributed by atoms with Crippen molar-refractivity contribution >= 4 is 23.4 Å². The first-order chi connectivity index (χ1) is 13.7. The van der Waals surface area contributed by atoms with E-state index in [0.29, 0.717) is 28.1 Å². The molecule has 1 aromatic heterocycles. The molecular formula is C21H23N3O5. The van der Waals surface area contributed by atoms with Gasteiger partial charge >= 0.3 is 5.97 Å². The molecule has 1 aromatic carbocycles. The molecule has 1 saturated heterocycles. The lowest BCUT2D eigenvalue weighted by atomic mass is 9.94. The van der Waals surface area contributed by atoms with Crippen molar-refractivity contribution in [3.05, 3.63) is 57.9 Å². The molecule has 0 radical (unpaired) electrons. The summed E-state index contributed by atoms with van der Waals surface area (Å²) < 4.78 is 6.32. The van der Waals surface area contributed by atoms with Gasteiger partial charge in [0.05, 0.1) is 35.5 Å². The Morgan fingerprint density at radius 3 is 2.31 bits per heavy atom. The Bertz CT molecular complexity index is 1030. The average molecular weight is 397 g/mol. The van der Waals surface area contributed by atoms with Crippen LogP contribution in [0.1, 0.15) is 45.8 Å². The Kier molecular flexibility index (Phi) is 5.28. The van der Waals surface area contributed by atoms with E-state index in [0.717, 1.165) is 0 Å². The number of aromatic nitrogens is 2. The Labute approximate surface area is 168 Å². The lowest BCUT2D eigenvalue weighted by Gasteiger charge is -2.24. The van der Waals surface area contributed by atoms with Gasteiger partial charge in [0, 0.05) is 19.3 Å². The quantitative estimate of drug-likeness (QED) is 0.368. The highest BCUT2D eigenvalue weighted by Crippen LogP contribution is 2.40. The molecule has 29 heavy (non-hydrogen) atoms. The number of carbonyl (C=O) groups excluding carboxylic acids is 3. The molecule has 1 aliphatic heterocycles. The van der Waals surface area contributed by atoms with Crippen molar-refractivity contribution in [3.8, 4) is 0 Å². The molecule has 8 nitrogen and oxygen atoms in total. The molecule has 1 atom stereocenters. The number of Topliss-reactive ketones (excluding diaryl/α,β-unsaturated/α-hetero) is 1. The van der Waals surface area contributed by atoms with Crippen molar-refractivity contribution in [2.75, 3.05) is 13.7 Å². The second-order valence-electron chi connectivity index (χ2n) is 6.87. The number of hydrogen-bond donors (Lipinski definition) is 1. The highest BCUT2D eigenvalue weighted by molar-refractivity contribution is 6.46. The smallest absolute Gasteiger partial charge is 0.337 e. The zero-order valence-corrected chi connectivity index (χ0v) is 17.0. The molecule has 152 valence electrons. The van der Waals surface area contributed by atoms with Gasteiger partial charge in [0.25, 0.3) is 11.7 Å². The monoisotopic (exact) mass is 397 g/mol. The first-order valence-electron chi connectivity index (χ1n) is 9.20. The van der Waals surface area contributed by atoms with Crippen LogP contribution in [0.3, 0.4) is 0 Å². The normalized spacial score (nSPS) is 18.4. The number of aliphatic hydroxyl groups excluding tert-OH is 1. The van der Waals surface area contributed by atoms with E-state index in [1.54, 1.807) is 56.8 Å². The summed E-state index contributed by atoms with van der Waals surface area (Å²) in [5, 5.41) is 15.3. The Balaban J connectivity index is 2.19. The van der Waals surface area contributed by atoms with Gasteiger partial charge in [-0.1, -0.05) is 12.1 Å². The lowest BCUT2D eigenvalue weighted by molar-refractivity contribution is -0.139. The number of ether oxygens (including phenoxy) is 1. The van der Waals surface area contributed by atoms with Gasteiger partial charge in [0.2, 0.25) is 0 Å². The van der Waals surface area contributed by atoms with Crippen molar-refractivity contribution in [1.29, 1.82) is 0 Å². The van der Waals surface area contributed by atoms with E-state index >= 15 is 0 Å². The summed E-state index contributed by atoms with van der Waals surface area (Å²) in [5.74, 6) is -2.14. The fraction of sp³-hybridized carbons (Fsp3) is 0.333. The van der Waals surface area contributed by atoms with Crippen molar-refractivity contribution in [2.24, 2.45) is 7.05 Å². The number of likely N-dealkylation sites (tertiary alicyclic amines) is 1. The van der Waals surface area contributed by atoms with Crippen LogP contribution < -0.4 is 0 Å². The highest BCUT2D eigenvalue weighted by Gasteiger charge is 2.45. The number of aliphatic hydroxyl groups is 1. The second-order valence-corrected chi connectivity index (χ2v) is 6.87. The SMILES string of the molecule is CCN1C(=O)C(=O)/C(=C(/O)c2c(C)nn(C)c2C)C1c1ccc(C(=O)OC)cc1. The van der Waals surface area contributed by atoms with Gasteiger partial charge in [-0.15, -0.1) is 0 Å². The van der Waals surface area contributed by atoms with Crippen LogP contribution in [0, 0.1) is 13.8 Å². The fourth-order valence-corrected chi connectivity index (χ4v) is 3.72. The molecule has 1 unspecified atom stereocenters. The minimum atomic E-state index is -0.759. The molecule has 2 aromatic rings. The maximum atomic E-state index is 12.8. The summed E-state index contributed by atoms with van der Waals surface area (Å²) in [5.41, 5.74) is 2.66. The number of likely N-dealkylation sites (N-methyl/N-ethyl adjacent to an activating group) is 1. The summed E-state index contributed by atoms with van der Waals surface area (Å²) in [7, 11) is 3.04. The number of aryl methyl sites for hydroxylation is 2. The van der Waals surface area contributed by atoms with Gasteiger partial charge in [-0.2, -0.15) is 5.10 Å². The third kappa shape index (κ3) is 3.20. The molecule has 0 saturated carbocycles. The van der Waals surface area contributed by atoms with Crippen LogP contribution in [0.25, 0.3) is 5.76 Å². The summed E-state index contributed by atoms with van der Waals surface area (Å²) in [6.07, 6.45) is 0. The van der Waals surface area contributed by atoms with E-state index in [1.165, 1.54) is 12.0 Å². The maximum absolute atomic E-state index is 12.8. The zero-order valence-electron chi connectivity index (χ0n) is 17.0. The summed E-state index contributed by atoms with van der Waals surface area (Å²) >= 11 is 0. The molecule has 0 bridgehead atoms. The van der Waals surface area contributed by atoms with Crippen LogP contribution in [0.4, 0.5) is 0 Å². The van der Waals surface area contributed by atoms with E-state index < -0.39 is 23.7 Å². The third-order valence-electron chi connectivity index (χ3n) is 5.27. The number of amides is 1. The third-order valence-corrected chi connectivity index (χ3v) is 5.27. The van der Waals surface area contributed by atoms with Crippen LogP contribution in [0.5, 0.6) is 0 Å². The first kappa shape index (κ1) is 20.3. The molecule has 1 amide bonds. The number of hydrogen-bond acceptors (Lipinski definition) is 6. The number of methoxy groups -OCH3 is 1. The lowest BCUT2D eigenvalue weighted by Crippen LogP contribution is -2.29. The molecular weight excluding hydrogens is 374 g/mol. The molecule has 2 heterocycles. The van der Waals surface area contributed by atoms with Crippen LogP contribution >= 0.6 is 0 Å². The molecule has 3 rings (SSSR count). The number of rotatable bonds is 4. The molecule has 0 aliphatic carbocycles. The molecule has 8 heteroatoms. The van der Waals surface area contributed by atoms with Gasteiger partial charge in [-0.3, -0.25) is 14.3 Å². The molecule has 0 spiro atoms. The minimum absolute atomic E-state index is 0.0156. The predicted molar refractivity (Wildman–Crippen MR) is 105 cm³/mol. The van der Waals surface area contributed by atoms with Crippen molar-refractivity contribution < 1.29 is 24.2 Å². The minimum Gasteiger partial charge on any atom is -0.507 e. The zero-order chi connectivity index (χ0) is 21.5.